The Morgan fingerprint density at radius 3 is 2.61 bits per heavy atom. The Bertz CT molecular complexity index is 537. The minimum atomic E-state index is -0.356. The van der Waals surface area contributed by atoms with Gasteiger partial charge in [0.2, 0.25) is 0 Å². The Labute approximate surface area is 139 Å². The minimum absolute atomic E-state index is 0.0194. The quantitative estimate of drug-likeness (QED) is 0.875. The van der Waals surface area contributed by atoms with E-state index in [0.717, 1.165) is 12.1 Å². The molecule has 0 saturated carbocycles. The summed E-state index contributed by atoms with van der Waals surface area (Å²) in [7, 11) is 4.09. The Hall–Kier alpha value is -1.43. The number of carbonyl (C=O) groups is 1. The van der Waals surface area contributed by atoms with Crippen molar-refractivity contribution in [1.29, 1.82) is 0 Å². The van der Waals surface area contributed by atoms with Gasteiger partial charge in [0.1, 0.15) is 0 Å². The van der Waals surface area contributed by atoms with Crippen molar-refractivity contribution < 1.29 is 14.3 Å². The Morgan fingerprint density at radius 1 is 1.35 bits per heavy atom. The van der Waals surface area contributed by atoms with Gasteiger partial charge in [0.05, 0.1) is 13.2 Å². The second-order valence-electron chi connectivity index (χ2n) is 7.12. The average Bonchev–Trinajstić information content (AvgIpc) is 3.00. The van der Waals surface area contributed by atoms with Gasteiger partial charge in [-0.2, -0.15) is 0 Å². The van der Waals surface area contributed by atoms with E-state index in [1.54, 1.807) is 0 Å². The van der Waals surface area contributed by atoms with Crippen molar-refractivity contribution in [2.24, 2.45) is 5.41 Å². The molecule has 0 spiro atoms. The molecule has 1 atom stereocenters. The van der Waals surface area contributed by atoms with Crippen molar-refractivity contribution in [1.82, 2.24) is 10.2 Å². The van der Waals surface area contributed by atoms with E-state index < -0.39 is 0 Å². The number of ether oxygens (including phenoxy) is 2. The fraction of sp³-hybridized carbons (Fsp3) is 0.611. The molecule has 5 heteroatoms. The SMILES string of the molecule is CC(NC(=O)c1cccc(C2OCCO2)c1)C(C)(C)CN(C)C. The fourth-order valence-electron chi connectivity index (χ4n) is 2.80. The number of hydrogen-bond donors (Lipinski definition) is 1. The molecule has 1 aromatic rings. The van der Waals surface area contributed by atoms with Crippen molar-refractivity contribution in [2.45, 2.75) is 33.1 Å². The summed E-state index contributed by atoms with van der Waals surface area (Å²) < 4.78 is 11.0. The Morgan fingerprint density at radius 2 is 2.00 bits per heavy atom. The van der Waals surface area contributed by atoms with Crippen LogP contribution in [0.3, 0.4) is 0 Å². The van der Waals surface area contributed by atoms with Crippen molar-refractivity contribution in [3.8, 4) is 0 Å². The molecule has 1 N–H and O–H groups in total. The maximum Gasteiger partial charge on any atom is 0.251 e. The molecule has 1 fully saturated rings. The molecule has 2 rings (SSSR count). The minimum Gasteiger partial charge on any atom is -0.349 e. The van der Waals surface area contributed by atoms with Crippen molar-refractivity contribution in [2.75, 3.05) is 33.9 Å². The lowest BCUT2D eigenvalue weighted by atomic mass is 9.84. The van der Waals surface area contributed by atoms with Crippen LogP contribution in [0.4, 0.5) is 0 Å². The highest BCUT2D eigenvalue weighted by molar-refractivity contribution is 5.94. The molecule has 23 heavy (non-hydrogen) atoms. The summed E-state index contributed by atoms with van der Waals surface area (Å²) >= 11 is 0. The van der Waals surface area contributed by atoms with Crippen LogP contribution < -0.4 is 5.32 Å². The smallest absolute Gasteiger partial charge is 0.251 e. The summed E-state index contributed by atoms with van der Waals surface area (Å²) in [6, 6.07) is 7.51. The third-order valence-corrected chi connectivity index (χ3v) is 4.29. The van der Waals surface area contributed by atoms with E-state index in [9.17, 15) is 4.79 Å². The van der Waals surface area contributed by atoms with Gasteiger partial charge in [-0.3, -0.25) is 4.79 Å². The lowest BCUT2D eigenvalue weighted by Gasteiger charge is -2.34. The van der Waals surface area contributed by atoms with Gasteiger partial charge in [-0.25, -0.2) is 0 Å². The van der Waals surface area contributed by atoms with Crippen molar-refractivity contribution >= 4 is 5.91 Å². The molecule has 0 bridgehead atoms. The van der Waals surface area contributed by atoms with Crippen LogP contribution in [0.1, 0.15) is 43.0 Å². The van der Waals surface area contributed by atoms with E-state index in [1.165, 1.54) is 0 Å². The van der Waals surface area contributed by atoms with E-state index in [-0.39, 0.29) is 23.7 Å². The van der Waals surface area contributed by atoms with Crippen molar-refractivity contribution in [3.63, 3.8) is 0 Å². The predicted molar refractivity (Wildman–Crippen MR) is 90.4 cm³/mol. The third kappa shape index (κ3) is 4.77. The van der Waals surface area contributed by atoms with Crippen LogP contribution in [0, 0.1) is 5.41 Å². The summed E-state index contributed by atoms with van der Waals surface area (Å²) in [5.41, 5.74) is 1.50. The van der Waals surface area contributed by atoms with Crippen LogP contribution in [0.25, 0.3) is 0 Å². The molecule has 1 amide bonds. The first kappa shape index (κ1) is 17.9. The second kappa shape index (κ2) is 7.43. The summed E-state index contributed by atoms with van der Waals surface area (Å²) in [5.74, 6) is -0.0656. The normalized spacial score (nSPS) is 17.5. The standard InChI is InChI=1S/C18H28N2O3/c1-13(18(2,3)12-20(4)5)19-16(21)14-7-6-8-15(11-14)17-22-9-10-23-17/h6-8,11,13,17H,9-10,12H2,1-5H3,(H,19,21). The van der Waals surface area contributed by atoms with Gasteiger partial charge in [-0.15, -0.1) is 0 Å². The number of amides is 1. The molecule has 0 aromatic heterocycles. The average molecular weight is 320 g/mol. The molecule has 1 saturated heterocycles. The van der Waals surface area contributed by atoms with Crippen LogP contribution in [-0.4, -0.2) is 50.7 Å². The van der Waals surface area contributed by atoms with E-state index in [1.807, 2.05) is 38.4 Å². The van der Waals surface area contributed by atoms with Gasteiger partial charge < -0.3 is 19.7 Å². The van der Waals surface area contributed by atoms with Gasteiger partial charge in [-0.05, 0) is 38.6 Å². The Balaban J connectivity index is 2.04. The van der Waals surface area contributed by atoms with Crippen LogP contribution in [-0.2, 0) is 9.47 Å². The number of carbonyl (C=O) groups excluding carboxylic acids is 1. The highest BCUT2D eigenvalue weighted by atomic mass is 16.7. The fourth-order valence-corrected chi connectivity index (χ4v) is 2.80. The van der Waals surface area contributed by atoms with E-state index in [0.29, 0.717) is 18.8 Å². The molecule has 1 aliphatic rings. The maximum atomic E-state index is 12.5. The number of hydrogen-bond acceptors (Lipinski definition) is 4. The highest BCUT2D eigenvalue weighted by Gasteiger charge is 2.28. The molecular weight excluding hydrogens is 292 g/mol. The zero-order valence-corrected chi connectivity index (χ0v) is 14.8. The second-order valence-corrected chi connectivity index (χ2v) is 7.12. The molecule has 0 radical (unpaired) electrons. The van der Waals surface area contributed by atoms with Gasteiger partial charge in [-0.1, -0.05) is 26.0 Å². The van der Waals surface area contributed by atoms with Crippen molar-refractivity contribution in [3.05, 3.63) is 35.4 Å². The lowest BCUT2D eigenvalue weighted by Crippen LogP contribution is -2.47. The first-order valence-corrected chi connectivity index (χ1v) is 8.08. The van der Waals surface area contributed by atoms with E-state index in [4.69, 9.17) is 9.47 Å². The summed E-state index contributed by atoms with van der Waals surface area (Å²) in [6.07, 6.45) is -0.356. The molecule has 0 aliphatic carbocycles. The largest absolute Gasteiger partial charge is 0.349 e. The molecule has 5 nitrogen and oxygen atoms in total. The summed E-state index contributed by atoms with van der Waals surface area (Å²) in [4.78, 5) is 14.7. The first-order chi connectivity index (χ1) is 10.8. The van der Waals surface area contributed by atoms with Gasteiger partial charge in [0.25, 0.3) is 5.91 Å². The zero-order chi connectivity index (χ0) is 17.0. The zero-order valence-electron chi connectivity index (χ0n) is 14.8. The molecule has 1 unspecified atom stereocenters. The predicted octanol–water partition coefficient (Wildman–Crippen LogP) is 2.44. The first-order valence-electron chi connectivity index (χ1n) is 8.08. The number of rotatable bonds is 6. The van der Waals surface area contributed by atoms with Crippen LogP contribution in [0.15, 0.2) is 24.3 Å². The van der Waals surface area contributed by atoms with Gasteiger partial charge in [0.15, 0.2) is 6.29 Å². The number of benzene rings is 1. The van der Waals surface area contributed by atoms with Crippen LogP contribution >= 0.6 is 0 Å². The summed E-state index contributed by atoms with van der Waals surface area (Å²) in [6.45, 7) is 8.46. The van der Waals surface area contributed by atoms with Gasteiger partial charge in [0, 0.05) is 23.7 Å². The van der Waals surface area contributed by atoms with Crippen LogP contribution in [0.5, 0.6) is 0 Å². The molecule has 1 aliphatic heterocycles. The lowest BCUT2D eigenvalue weighted by molar-refractivity contribution is -0.0441. The molecule has 1 heterocycles. The van der Waals surface area contributed by atoms with E-state index >= 15 is 0 Å². The summed E-state index contributed by atoms with van der Waals surface area (Å²) in [5, 5.41) is 3.11. The van der Waals surface area contributed by atoms with Gasteiger partial charge >= 0.3 is 0 Å². The topological polar surface area (TPSA) is 50.8 Å². The third-order valence-electron chi connectivity index (χ3n) is 4.29. The maximum absolute atomic E-state index is 12.5. The number of nitrogens with zero attached hydrogens (tertiary/aromatic N) is 1. The molecular formula is C18H28N2O3. The van der Waals surface area contributed by atoms with Crippen LogP contribution in [0.2, 0.25) is 0 Å². The highest BCUT2D eigenvalue weighted by Crippen LogP contribution is 2.25. The Kier molecular flexibility index (Phi) is 5.79. The van der Waals surface area contributed by atoms with E-state index in [2.05, 4.69) is 31.0 Å². The molecule has 1 aromatic carbocycles. The molecule has 128 valence electrons. The number of nitrogens with one attached hydrogen (secondary N) is 1. The monoisotopic (exact) mass is 320 g/mol.